The molecule has 0 aliphatic rings. The van der Waals surface area contributed by atoms with Crippen LogP contribution < -0.4 is 0 Å². The minimum atomic E-state index is -0.119. The molecule has 0 fully saturated rings. The molecule has 0 radical (unpaired) electrons. The Labute approximate surface area is 121 Å². The molecule has 0 saturated heterocycles. The number of alkyl halides is 1. The van der Waals surface area contributed by atoms with Crippen molar-refractivity contribution in [3.05, 3.63) is 0 Å². The molecular formula is C15H29BrO2. The molecule has 18 heavy (non-hydrogen) atoms. The average molecular weight is 321 g/mol. The van der Waals surface area contributed by atoms with Crippen molar-refractivity contribution >= 4 is 21.9 Å². The lowest BCUT2D eigenvalue weighted by Crippen LogP contribution is -2.19. The van der Waals surface area contributed by atoms with Crippen LogP contribution >= 0.6 is 15.9 Å². The van der Waals surface area contributed by atoms with E-state index in [4.69, 9.17) is 4.74 Å². The third kappa shape index (κ3) is 11.1. The van der Waals surface area contributed by atoms with E-state index in [1.807, 2.05) is 0 Å². The Bertz CT molecular complexity index is 183. The summed E-state index contributed by atoms with van der Waals surface area (Å²) >= 11 is 3.15. The third-order valence-corrected chi connectivity index (χ3v) is 3.62. The lowest BCUT2D eigenvalue weighted by Gasteiger charge is -2.17. The third-order valence-electron chi connectivity index (χ3n) is 3.17. The average Bonchev–Trinajstić information content (AvgIpc) is 2.39. The molecule has 0 rings (SSSR count). The Morgan fingerprint density at radius 3 is 1.83 bits per heavy atom. The Kier molecular flexibility index (Phi) is 13.3. The zero-order valence-electron chi connectivity index (χ0n) is 12.0. The number of halogens is 1. The van der Waals surface area contributed by atoms with Crippen molar-refractivity contribution in [2.24, 2.45) is 0 Å². The van der Waals surface area contributed by atoms with Crippen LogP contribution in [0.3, 0.4) is 0 Å². The summed E-state index contributed by atoms with van der Waals surface area (Å²) in [5.74, 6) is -0.119. The van der Waals surface area contributed by atoms with E-state index in [1.54, 1.807) is 0 Å². The van der Waals surface area contributed by atoms with E-state index in [9.17, 15) is 4.79 Å². The number of rotatable bonds is 12. The summed E-state index contributed by atoms with van der Waals surface area (Å²) in [6, 6.07) is 0. The lowest BCUT2D eigenvalue weighted by molar-refractivity contribution is -0.146. The molecule has 0 spiro atoms. The minimum Gasteiger partial charge on any atom is -0.462 e. The fourth-order valence-corrected chi connectivity index (χ4v) is 2.21. The highest BCUT2D eigenvalue weighted by Gasteiger charge is 2.13. The summed E-state index contributed by atoms with van der Waals surface area (Å²) in [5.41, 5.74) is 0. The van der Waals surface area contributed by atoms with Gasteiger partial charge in [0, 0.05) is 0 Å². The highest BCUT2D eigenvalue weighted by molar-refractivity contribution is 9.09. The highest BCUT2D eigenvalue weighted by Crippen LogP contribution is 2.15. The van der Waals surface area contributed by atoms with Gasteiger partial charge in [-0.3, -0.25) is 4.79 Å². The summed E-state index contributed by atoms with van der Waals surface area (Å²) in [4.78, 5) is 11.3. The summed E-state index contributed by atoms with van der Waals surface area (Å²) in [7, 11) is 0. The molecule has 0 aromatic rings. The summed E-state index contributed by atoms with van der Waals surface area (Å²) < 4.78 is 5.47. The minimum absolute atomic E-state index is 0.119. The van der Waals surface area contributed by atoms with Crippen LogP contribution in [0.1, 0.15) is 78.1 Å². The van der Waals surface area contributed by atoms with Gasteiger partial charge in [-0.2, -0.15) is 0 Å². The Morgan fingerprint density at radius 2 is 1.44 bits per heavy atom. The smallest absolute Gasteiger partial charge is 0.316 e. The van der Waals surface area contributed by atoms with Crippen LogP contribution in [-0.4, -0.2) is 17.4 Å². The highest BCUT2D eigenvalue weighted by atomic mass is 79.9. The Morgan fingerprint density at radius 1 is 0.944 bits per heavy atom. The van der Waals surface area contributed by atoms with Gasteiger partial charge in [-0.15, -0.1) is 0 Å². The molecule has 0 aromatic carbocycles. The van der Waals surface area contributed by atoms with Crippen molar-refractivity contribution in [2.45, 2.75) is 84.2 Å². The van der Waals surface area contributed by atoms with Gasteiger partial charge in [-0.05, 0) is 25.7 Å². The molecule has 0 heterocycles. The van der Waals surface area contributed by atoms with Gasteiger partial charge >= 0.3 is 5.97 Å². The molecule has 0 aliphatic heterocycles. The predicted octanol–water partition coefficient (Wildman–Crippen LogP) is 5.23. The quantitative estimate of drug-likeness (QED) is 0.279. The molecular weight excluding hydrogens is 292 g/mol. The largest absolute Gasteiger partial charge is 0.462 e. The molecule has 3 heteroatoms. The molecule has 0 aromatic heterocycles. The Balaban J connectivity index is 3.80. The topological polar surface area (TPSA) is 26.3 Å². The summed E-state index contributed by atoms with van der Waals surface area (Å²) in [6.45, 7) is 4.43. The molecule has 2 nitrogen and oxygen atoms in total. The fourth-order valence-electron chi connectivity index (χ4n) is 2.08. The van der Waals surface area contributed by atoms with Crippen molar-refractivity contribution in [1.29, 1.82) is 0 Å². The van der Waals surface area contributed by atoms with Crippen LogP contribution in [0.25, 0.3) is 0 Å². The summed E-state index contributed by atoms with van der Waals surface area (Å²) in [5, 5.41) is 0.313. The molecule has 108 valence electrons. The van der Waals surface area contributed by atoms with E-state index in [1.165, 1.54) is 51.4 Å². The number of hydrogen-bond acceptors (Lipinski definition) is 2. The lowest BCUT2D eigenvalue weighted by atomic mass is 10.0. The van der Waals surface area contributed by atoms with Crippen molar-refractivity contribution < 1.29 is 9.53 Å². The maximum Gasteiger partial charge on any atom is 0.316 e. The summed E-state index contributed by atoms with van der Waals surface area (Å²) in [6.07, 6.45) is 12.2. The second-order valence-electron chi connectivity index (χ2n) is 4.94. The maximum absolute atomic E-state index is 11.3. The first-order chi connectivity index (χ1) is 8.74. The van der Waals surface area contributed by atoms with Gasteiger partial charge < -0.3 is 4.74 Å². The van der Waals surface area contributed by atoms with Gasteiger partial charge in [-0.1, -0.05) is 68.3 Å². The first-order valence-electron chi connectivity index (χ1n) is 7.50. The monoisotopic (exact) mass is 320 g/mol. The van der Waals surface area contributed by atoms with Gasteiger partial charge in [0.1, 0.15) is 11.4 Å². The van der Waals surface area contributed by atoms with Crippen molar-refractivity contribution in [3.8, 4) is 0 Å². The normalized spacial score (nSPS) is 10.9. The fraction of sp³-hybridized carbons (Fsp3) is 0.933. The van der Waals surface area contributed by atoms with Crippen LogP contribution in [0.15, 0.2) is 0 Å². The van der Waals surface area contributed by atoms with E-state index >= 15 is 0 Å². The van der Waals surface area contributed by atoms with Gasteiger partial charge in [0.2, 0.25) is 0 Å². The first-order valence-corrected chi connectivity index (χ1v) is 8.62. The number of hydrogen-bond donors (Lipinski definition) is 0. The van der Waals surface area contributed by atoms with E-state index in [0.29, 0.717) is 5.33 Å². The Hall–Kier alpha value is -0.0500. The molecule has 0 amide bonds. The van der Waals surface area contributed by atoms with E-state index in [-0.39, 0.29) is 12.1 Å². The first kappa shape index (κ1) is 17.9. The van der Waals surface area contributed by atoms with Crippen LogP contribution in [0.2, 0.25) is 0 Å². The van der Waals surface area contributed by atoms with E-state index < -0.39 is 0 Å². The van der Waals surface area contributed by atoms with E-state index in [2.05, 4.69) is 29.8 Å². The van der Waals surface area contributed by atoms with Gasteiger partial charge in [0.05, 0.1) is 0 Å². The van der Waals surface area contributed by atoms with Gasteiger partial charge in [-0.25, -0.2) is 0 Å². The molecule has 0 N–H and O–H groups in total. The molecule has 0 atom stereocenters. The van der Waals surface area contributed by atoms with Crippen LogP contribution in [-0.2, 0) is 9.53 Å². The zero-order chi connectivity index (χ0) is 13.6. The number of esters is 1. The zero-order valence-corrected chi connectivity index (χ0v) is 13.6. The van der Waals surface area contributed by atoms with Gasteiger partial charge in [0.25, 0.3) is 0 Å². The van der Waals surface area contributed by atoms with Crippen LogP contribution in [0.5, 0.6) is 0 Å². The molecule has 0 aliphatic carbocycles. The number of carbonyl (C=O) groups excluding carboxylic acids is 1. The standard InChI is InChI=1S/C15H29BrO2/c1-3-5-7-9-11-14(18-15(17)13-16)12-10-8-6-4-2/h14H,3-13H2,1-2H3. The molecule has 0 saturated carbocycles. The molecule has 0 unspecified atom stereocenters. The van der Waals surface area contributed by atoms with Crippen molar-refractivity contribution in [3.63, 3.8) is 0 Å². The number of carbonyl (C=O) groups is 1. The second kappa shape index (κ2) is 13.4. The number of ether oxygens (including phenoxy) is 1. The molecule has 0 bridgehead atoms. The SMILES string of the molecule is CCCCCCC(CCCCCC)OC(=O)CBr. The number of unbranched alkanes of at least 4 members (excludes halogenated alkanes) is 6. The van der Waals surface area contributed by atoms with Crippen LogP contribution in [0, 0.1) is 0 Å². The van der Waals surface area contributed by atoms with Gasteiger partial charge in [0.15, 0.2) is 0 Å². The van der Waals surface area contributed by atoms with Crippen LogP contribution in [0.4, 0.5) is 0 Å². The predicted molar refractivity (Wildman–Crippen MR) is 81.2 cm³/mol. The van der Waals surface area contributed by atoms with Crippen molar-refractivity contribution in [1.82, 2.24) is 0 Å². The second-order valence-corrected chi connectivity index (χ2v) is 5.50. The maximum atomic E-state index is 11.3. The van der Waals surface area contributed by atoms with Crippen molar-refractivity contribution in [2.75, 3.05) is 5.33 Å². The van der Waals surface area contributed by atoms with E-state index in [0.717, 1.165) is 12.8 Å².